The number of halogens is 3. The quantitative estimate of drug-likeness (QED) is 0.860. The highest BCUT2D eigenvalue weighted by atomic mass is 32.2. The molecule has 0 saturated heterocycles. The summed E-state index contributed by atoms with van der Waals surface area (Å²) in [5, 5.41) is 4.69. The molecule has 0 radical (unpaired) electrons. The molecule has 0 atom stereocenters. The van der Waals surface area contributed by atoms with E-state index in [4.69, 9.17) is 0 Å². The van der Waals surface area contributed by atoms with Crippen molar-refractivity contribution in [1.29, 1.82) is 0 Å². The Morgan fingerprint density at radius 1 is 1.27 bits per heavy atom. The van der Waals surface area contributed by atoms with Crippen LogP contribution >= 0.6 is 0 Å². The highest BCUT2D eigenvalue weighted by Crippen LogP contribution is 2.20. The predicted molar refractivity (Wildman–Crippen MR) is 44.4 cm³/mol. The topological polar surface area (TPSA) is 69.4 Å². The smallest absolute Gasteiger partial charge is 0.387 e. The van der Waals surface area contributed by atoms with E-state index >= 15 is 0 Å². The molecule has 4 nitrogen and oxygen atoms in total. The second-order valence-electron chi connectivity index (χ2n) is 2.55. The fourth-order valence-electron chi connectivity index (χ4n) is 0.872. The van der Waals surface area contributed by atoms with Crippen LogP contribution in [-0.4, -0.2) is 15.0 Å². The molecule has 0 unspecified atom stereocenters. The van der Waals surface area contributed by atoms with Crippen molar-refractivity contribution in [2.24, 2.45) is 5.14 Å². The van der Waals surface area contributed by atoms with Crippen molar-refractivity contribution in [3.05, 3.63) is 24.0 Å². The molecule has 1 aromatic carbocycles. The van der Waals surface area contributed by atoms with Crippen molar-refractivity contribution in [2.45, 2.75) is 11.5 Å². The van der Waals surface area contributed by atoms with Crippen LogP contribution in [0.25, 0.3) is 0 Å². The first kappa shape index (κ1) is 11.8. The maximum Gasteiger partial charge on any atom is 0.387 e. The summed E-state index contributed by atoms with van der Waals surface area (Å²) in [6, 6.07) is 1.94. The van der Waals surface area contributed by atoms with E-state index in [0.717, 1.165) is 0 Å². The average Bonchev–Trinajstić information content (AvgIpc) is 1.99. The van der Waals surface area contributed by atoms with Crippen LogP contribution in [0.1, 0.15) is 0 Å². The van der Waals surface area contributed by atoms with Crippen LogP contribution in [-0.2, 0) is 10.0 Å². The predicted octanol–water partition coefficient (Wildman–Crippen LogP) is 1.07. The largest absolute Gasteiger partial charge is 0.435 e. The third-order valence-electron chi connectivity index (χ3n) is 1.40. The third-order valence-corrected chi connectivity index (χ3v) is 2.29. The molecular weight excluding hydrogens is 235 g/mol. The molecule has 0 aliphatic rings. The molecule has 84 valence electrons. The van der Waals surface area contributed by atoms with E-state index < -0.39 is 33.1 Å². The summed E-state index contributed by atoms with van der Waals surface area (Å²) in [7, 11) is -4.15. The first-order valence-electron chi connectivity index (χ1n) is 3.57. The lowest BCUT2D eigenvalue weighted by Crippen LogP contribution is -2.13. The van der Waals surface area contributed by atoms with Crippen LogP contribution in [0, 0.1) is 5.82 Å². The number of sulfonamides is 1. The van der Waals surface area contributed by atoms with Crippen LogP contribution in [0.4, 0.5) is 13.2 Å². The summed E-state index contributed by atoms with van der Waals surface area (Å²) >= 11 is 0. The Bertz CT molecular complexity index is 461. The molecule has 0 aromatic heterocycles. The molecule has 1 rings (SSSR count). The molecule has 0 fully saturated rings. The molecule has 15 heavy (non-hydrogen) atoms. The van der Waals surface area contributed by atoms with Gasteiger partial charge in [0.15, 0.2) is 0 Å². The number of nitrogens with two attached hydrogens (primary N) is 1. The van der Waals surface area contributed by atoms with Crippen molar-refractivity contribution in [2.75, 3.05) is 0 Å². The normalized spacial score (nSPS) is 11.8. The van der Waals surface area contributed by atoms with Gasteiger partial charge in [-0.1, -0.05) is 0 Å². The first-order chi connectivity index (χ1) is 6.79. The monoisotopic (exact) mass is 241 g/mol. The van der Waals surface area contributed by atoms with Gasteiger partial charge in [0.2, 0.25) is 10.0 Å². The number of benzene rings is 1. The van der Waals surface area contributed by atoms with Gasteiger partial charge in [0.25, 0.3) is 0 Å². The molecule has 1 aromatic rings. The molecule has 0 bridgehead atoms. The lowest BCUT2D eigenvalue weighted by molar-refractivity contribution is -0.0501. The van der Waals surface area contributed by atoms with Gasteiger partial charge >= 0.3 is 6.61 Å². The van der Waals surface area contributed by atoms with E-state index in [2.05, 4.69) is 9.88 Å². The van der Waals surface area contributed by atoms with E-state index in [9.17, 15) is 21.6 Å². The summed E-state index contributed by atoms with van der Waals surface area (Å²) in [6.07, 6.45) is 0. The number of ether oxygens (including phenoxy) is 1. The fraction of sp³-hybridized carbons (Fsp3) is 0.143. The number of rotatable bonds is 3. The van der Waals surface area contributed by atoms with E-state index in [1.165, 1.54) is 0 Å². The van der Waals surface area contributed by atoms with Gasteiger partial charge < -0.3 is 4.74 Å². The van der Waals surface area contributed by atoms with Gasteiger partial charge in [-0.15, -0.1) is 0 Å². The van der Waals surface area contributed by atoms with Crippen molar-refractivity contribution in [3.8, 4) is 5.75 Å². The minimum atomic E-state index is -4.15. The van der Waals surface area contributed by atoms with Gasteiger partial charge in [0, 0.05) is 12.1 Å². The van der Waals surface area contributed by atoms with Crippen molar-refractivity contribution in [3.63, 3.8) is 0 Å². The van der Waals surface area contributed by atoms with Gasteiger partial charge in [0.05, 0.1) is 4.90 Å². The lowest BCUT2D eigenvalue weighted by atomic mass is 10.3. The zero-order valence-corrected chi connectivity index (χ0v) is 7.97. The van der Waals surface area contributed by atoms with Gasteiger partial charge in [-0.2, -0.15) is 8.78 Å². The number of hydrogen-bond acceptors (Lipinski definition) is 3. The zero-order chi connectivity index (χ0) is 11.6. The summed E-state index contributed by atoms with van der Waals surface area (Å²) in [4.78, 5) is -0.627. The molecule has 8 heteroatoms. The first-order valence-corrected chi connectivity index (χ1v) is 5.12. The van der Waals surface area contributed by atoms with E-state index in [1.807, 2.05) is 0 Å². The van der Waals surface area contributed by atoms with Crippen LogP contribution in [0.15, 0.2) is 23.1 Å². The lowest BCUT2D eigenvalue weighted by Gasteiger charge is -2.06. The van der Waals surface area contributed by atoms with E-state index in [0.29, 0.717) is 18.2 Å². The Kier molecular flexibility index (Phi) is 3.20. The highest BCUT2D eigenvalue weighted by molar-refractivity contribution is 7.89. The number of primary sulfonamides is 1. The Balaban J connectivity index is 3.17. The van der Waals surface area contributed by atoms with Gasteiger partial charge in [-0.05, 0) is 6.07 Å². The Morgan fingerprint density at radius 2 is 1.87 bits per heavy atom. The maximum absolute atomic E-state index is 12.8. The second-order valence-corrected chi connectivity index (χ2v) is 4.11. The van der Waals surface area contributed by atoms with Gasteiger partial charge in [-0.3, -0.25) is 0 Å². The molecule has 0 heterocycles. The Hall–Kier alpha value is -1.28. The summed E-state index contributed by atoms with van der Waals surface area (Å²) < 4.78 is 61.7. The number of hydrogen-bond donors (Lipinski definition) is 1. The zero-order valence-electron chi connectivity index (χ0n) is 7.15. The molecular formula is C7H6F3NO3S. The SMILES string of the molecule is NS(=O)(=O)c1cc(F)cc(OC(F)F)c1. The molecule has 2 N–H and O–H groups in total. The van der Waals surface area contributed by atoms with Gasteiger partial charge in [0.1, 0.15) is 11.6 Å². The fourth-order valence-corrected chi connectivity index (χ4v) is 1.43. The average molecular weight is 241 g/mol. The number of alkyl halides is 2. The van der Waals surface area contributed by atoms with Crippen LogP contribution in [0.3, 0.4) is 0 Å². The van der Waals surface area contributed by atoms with E-state index in [-0.39, 0.29) is 0 Å². The summed E-state index contributed by atoms with van der Waals surface area (Å²) in [5.41, 5.74) is 0. The minimum absolute atomic E-state index is 0.603. The van der Waals surface area contributed by atoms with Crippen molar-refractivity contribution >= 4 is 10.0 Å². The molecule has 0 amide bonds. The molecule has 0 aliphatic carbocycles. The minimum Gasteiger partial charge on any atom is -0.435 e. The highest BCUT2D eigenvalue weighted by Gasteiger charge is 2.13. The Labute approximate surface area is 83.5 Å². The van der Waals surface area contributed by atoms with Crippen LogP contribution < -0.4 is 9.88 Å². The van der Waals surface area contributed by atoms with Gasteiger partial charge in [-0.25, -0.2) is 17.9 Å². The summed E-state index contributed by atoms with van der Waals surface area (Å²) in [5.74, 6) is -1.63. The Morgan fingerprint density at radius 3 is 2.33 bits per heavy atom. The second kappa shape index (κ2) is 4.07. The van der Waals surface area contributed by atoms with Crippen molar-refractivity contribution < 1.29 is 26.3 Å². The standard InChI is InChI=1S/C7H6F3NO3S/c8-4-1-5(14-7(9)10)3-6(2-4)15(11,12)13/h1-3,7H,(H2,11,12,13). The van der Waals surface area contributed by atoms with Crippen LogP contribution in [0.5, 0.6) is 5.75 Å². The molecule has 0 saturated carbocycles. The molecule has 0 spiro atoms. The van der Waals surface area contributed by atoms with Crippen molar-refractivity contribution in [1.82, 2.24) is 0 Å². The van der Waals surface area contributed by atoms with E-state index in [1.54, 1.807) is 0 Å². The third kappa shape index (κ3) is 3.40. The maximum atomic E-state index is 12.8. The summed E-state index contributed by atoms with van der Waals surface area (Å²) in [6.45, 7) is -3.17. The van der Waals surface area contributed by atoms with Crippen LogP contribution in [0.2, 0.25) is 0 Å². The molecule has 0 aliphatic heterocycles.